The van der Waals surface area contributed by atoms with Gasteiger partial charge in [0.1, 0.15) is 0 Å². The fraction of sp³-hybridized carbons (Fsp3) is 0.0714. The Morgan fingerprint density at radius 1 is 1.00 bits per heavy atom. The van der Waals surface area contributed by atoms with Gasteiger partial charge < -0.3 is 5.11 Å². The molecule has 25 heavy (non-hydrogen) atoms. The van der Waals surface area contributed by atoms with E-state index in [-0.39, 0.29) is 0 Å². The van der Waals surface area contributed by atoms with E-state index in [4.69, 9.17) is 5.11 Å². The van der Waals surface area contributed by atoms with Crippen molar-refractivity contribution in [2.75, 3.05) is 0 Å². The molecule has 1 aromatic carbocycles. The van der Waals surface area contributed by atoms with Crippen molar-refractivity contribution in [3.63, 3.8) is 0 Å². The molecule has 11 nitrogen and oxygen atoms in total. The van der Waals surface area contributed by atoms with E-state index in [0.717, 1.165) is 6.42 Å². The average Bonchev–Trinajstić information content (AvgIpc) is 2.56. The summed E-state index contributed by atoms with van der Waals surface area (Å²) in [6, 6.07) is 4.87. The standard InChI is InChI=1S/C8H9N.C6H3N3O7/c1-2-3-8-4-6-9-7-5-8;10-6-4(8(13)14)1-3(7(11)12)2-5(6)9(15)16/h2,4-7H,1,3H2;1-2,10H. The van der Waals surface area contributed by atoms with Crippen LogP contribution in [0.2, 0.25) is 0 Å². The average molecular weight is 348 g/mol. The van der Waals surface area contributed by atoms with E-state index in [1.54, 1.807) is 12.4 Å². The van der Waals surface area contributed by atoms with E-state index in [0.29, 0.717) is 12.1 Å². The molecule has 0 saturated heterocycles. The lowest BCUT2D eigenvalue weighted by molar-refractivity contribution is -0.404. The first-order chi connectivity index (χ1) is 11.8. The van der Waals surface area contributed by atoms with Crippen molar-refractivity contribution in [1.29, 1.82) is 0 Å². The zero-order valence-corrected chi connectivity index (χ0v) is 12.6. The highest BCUT2D eigenvalue weighted by Gasteiger charge is 2.30. The van der Waals surface area contributed by atoms with Crippen molar-refractivity contribution in [2.45, 2.75) is 6.42 Å². The second-order valence-electron chi connectivity index (χ2n) is 4.45. The van der Waals surface area contributed by atoms with E-state index < -0.39 is 37.6 Å². The Morgan fingerprint density at radius 3 is 1.84 bits per heavy atom. The molecule has 11 heteroatoms. The molecule has 0 aliphatic rings. The molecule has 0 spiro atoms. The van der Waals surface area contributed by atoms with Gasteiger partial charge in [-0.15, -0.1) is 6.58 Å². The molecule has 2 rings (SSSR count). The van der Waals surface area contributed by atoms with Crippen molar-refractivity contribution >= 4 is 17.1 Å². The van der Waals surface area contributed by atoms with Crippen molar-refractivity contribution in [2.24, 2.45) is 0 Å². The molecule has 2 aromatic rings. The number of nitro benzene ring substituents is 3. The number of aromatic nitrogens is 1. The lowest BCUT2D eigenvalue weighted by Gasteiger charge is -1.97. The van der Waals surface area contributed by atoms with Crippen molar-refractivity contribution in [3.05, 3.63) is 85.2 Å². The third kappa shape index (κ3) is 5.35. The van der Waals surface area contributed by atoms with Crippen LogP contribution in [0.5, 0.6) is 5.75 Å². The summed E-state index contributed by atoms with van der Waals surface area (Å²) >= 11 is 0. The Labute approximate surface area is 140 Å². The lowest BCUT2D eigenvalue weighted by atomic mass is 10.2. The summed E-state index contributed by atoms with van der Waals surface area (Å²) < 4.78 is 0. The van der Waals surface area contributed by atoms with Gasteiger partial charge in [-0.1, -0.05) is 6.08 Å². The highest BCUT2D eigenvalue weighted by atomic mass is 16.6. The van der Waals surface area contributed by atoms with Gasteiger partial charge in [-0.05, 0) is 24.1 Å². The first-order valence-electron chi connectivity index (χ1n) is 6.58. The number of phenolic OH excluding ortho intramolecular Hbond substituents is 1. The van der Waals surface area contributed by atoms with Gasteiger partial charge in [0.25, 0.3) is 11.4 Å². The van der Waals surface area contributed by atoms with Crippen LogP contribution in [-0.4, -0.2) is 24.9 Å². The summed E-state index contributed by atoms with van der Waals surface area (Å²) in [6.45, 7) is 3.64. The number of benzene rings is 1. The van der Waals surface area contributed by atoms with Crippen LogP contribution in [0.25, 0.3) is 0 Å². The van der Waals surface area contributed by atoms with Gasteiger partial charge in [0, 0.05) is 12.4 Å². The van der Waals surface area contributed by atoms with Crippen LogP contribution in [0.1, 0.15) is 5.56 Å². The van der Waals surface area contributed by atoms with Crippen LogP contribution in [-0.2, 0) is 6.42 Å². The van der Waals surface area contributed by atoms with Gasteiger partial charge in [-0.25, -0.2) is 0 Å². The van der Waals surface area contributed by atoms with Gasteiger partial charge in [0.05, 0.1) is 26.9 Å². The molecule has 0 fully saturated rings. The van der Waals surface area contributed by atoms with E-state index >= 15 is 0 Å². The molecule has 0 unspecified atom stereocenters. The second-order valence-corrected chi connectivity index (χ2v) is 4.45. The lowest BCUT2D eigenvalue weighted by Crippen LogP contribution is -1.97. The van der Waals surface area contributed by atoms with Crippen LogP contribution >= 0.6 is 0 Å². The Kier molecular flexibility index (Phi) is 6.64. The molecule has 0 atom stereocenters. The first-order valence-corrected chi connectivity index (χ1v) is 6.58. The Hall–Kier alpha value is -3.89. The SMILES string of the molecule is C=CCc1ccncc1.O=[N+]([O-])c1cc([N+](=O)[O-])c(O)c([N+](=O)[O-])c1. The number of allylic oxidation sites excluding steroid dienone is 1. The quantitative estimate of drug-likeness (QED) is 0.489. The maximum atomic E-state index is 10.4. The Balaban J connectivity index is 0.000000293. The van der Waals surface area contributed by atoms with E-state index in [9.17, 15) is 30.3 Å². The molecular weight excluding hydrogens is 336 g/mol. The van der Waals surface area contributed by atoms with Crippen molar-refractivity contribution < 1.29 is 19.9 Å². The number of aromatic hydroxyl groups is 1. The monoisotopic (exact) mass is 348 g/mol. The van der Waals surface area contributed by atoms with Crippen LogP contribution in [0.15, 0.2) is 49.3 Å². The molecule has 0 saturated carbocycles. The largest absolute Gasteiger partial charge is 0.497 e. The first kappa shape index (κ1) is 19.2. The Bertz CT molecular complexity index is 773. The number of rotatable bonds is 5. The minimum atomic E-state index is -1.21. The predicted molar refractivity (Wildman–Crippen MR) is 86.2 cm³/mol. The van der Waals surface area contributed by atoms with E-state index in [1.165, 1.54) is 5.56 Å². The van der Waals surface area contributed by atoms with Crippen LogP contribution in [0.4, 0.5) is 17.1 Å². The maximum absolute atomic E-state index is 10.4. The number of hydrogen-bond donors (Lipinski definition) is 1. The minimum absolute atomic E-state index is 0.447. The van der Waals surface area contributed by atoms with Gasteiger partial charge in [0.15, 0.2) is 0 Å². The smallest absolute Gasteiger partial charge is 0.324 e. The molecular formula is C14H12N4O7. The number of hydrogen-bond acceptors (Lipinski definition) is 8. The molecule has 1 N–H and O–H groups in total. The highest BCUT2D eigenvalue weighted by molar-refractivity contribution is 5.64. The molecule has 1 aromatic heterocycles. The summed E-state index contributed by atoms with van der Waals surface area (Å²) in [7, 11) is 0. The van der Waals surface area contributed by atoms with Crippen LogP contribution in [0.3, 0.4) is 0 Å². The van der Waals surface area contributed by atoms with Gasteiger partial charge >= 0.3 is 11.4 Å². The highest BCUT2D eigenvalue weighted by Crippen LogP contribution is 2.38. The third-order valence-electron chi connectivity index (χ3n) is 2.79. The minimum Gasteiger partial charge on any atom is -0.497 e. The molecule has 0 radical (unpaired) electrons. The third-order valence-corrected chi connectivity index (χ3v) is 2.79. The Morgan fingerprint density at radius 2 is 1.48 bits per heavy atom. The normalized spacial score (nSPS) is 9.44. The number of non-ortho nitro benzene ring substituents is 1. The fourth-order valence-electron chi connectivity index (χ4n) is 1.66. The molecule has 0 aliphatic carbocycles. The summed E-state index contributed by atoms with van der Waals surface area (Å²) in [6.07, 6.45) is 6.40. The molecule has 0 aliphatic heterocycles. The fourth-order valence-corrected chi connectivity index (χ4v) is 1.66. The summed E-state index contributed by atoms with van der Waals surface area (Å²) in [5.41, 5.74) is -1.74. The summed E-state index contributed by atoms with van der Waals surface area (Å²) in [5.74, 6) is -1.21. The van der Waals surface area contributed by atoms with Gasteiger partial charge in [0.2, 0.25) is 0 Å². The van der Waals surface area contributed by atoms with Crippen LogP contribution in [0, 0.1) is 30.3 Å². The van der Waals surface area contributed by atoms with Gasteiger partial charge in [-0.2, -0.15) is 0 Å². The van der Waals surface area contributed by atoms with E-state index in [1.807, 2.05) is 18.2 Å². The molecule has 0 bridgehead atoms. The summed E-state index contributed by atoms with van der Waals surface area (Å²) in [4.78, 5) is 31.7. The van der Waals surface area contributed by atoms with Crippen LogP contribution < -0.4 is 0 Å². The topological polar surface area (TPSA) is 163 Å². The summed E-state index contributed by atoms with van der Waals surface area (Å²) in [5, 5.41) is 40.2. The zero-order chi connectivity index (χ0) is 19.0. The molecule has 1 heterocycles. The number of pyridine rings is 1. The molecule has 130 valence electrons. The van der Waals surface area contributed by atoms with Gasteiger partial charge in [-0.3, -0.25) is 35.3 Å². The number of nitrogens with zero attached hydrogens (tertiary/aromatic N) is 4. The van der Waals surface area contributed by atoms with E-state index in [2.05, 4.69) is 11.6 Å². The second kappa shape index (κ2) is 8.67. The molecule has 0 amide bonds. The maximum Gasteiger partial charge on any atom is 0.324 e. The van der Waals surface area contributed by atoms with Crippen molar-refractivity contribution in [1.82, 2.24) is 4.98 Å². The number of nitro groups is 3. The zero-order valence-electron chi connectivity index (χ0n) is 12.6. The van der Waals surface area contributed by atoms with Crippen molar-refractivity contribution in [3.8, 4) is 5.75 Å². The predicted octanol–water partition coefficient (Wildman–Crippen LogP) is 2.93. The number of phenols is 1.